The maximum absolute atomic E-state index is 8.47. The van der Waals surface area contributed by atoms with E-state index in [4.69, 9.17) is 21.1 Å². The van der Waals surface area contributed by atoms with Gasteiger partial charge in [-0.15, -0.1) is 0 Å². The minimum absolute atomic E-state index is 0.0486. The molecule has 0 aliphatic rings. The largest absolute Gasteiger partial charge is 0.395 e. The highest BCUT2D eigenvalue weighted by molar-refractivity contribution is 4.67. The van der Waals surface area contributed by atoms with Gasteiger partial charge < -0.3 is 21.1 Å². The van der Waals surface area contributed by atoms with Gasteiger partial charge in [-0.2, -0.15) is 0 Å². The predicted molar refractivity (Wildman–Crippen MR) is 61.6 cm³/mol. The fourth-order valence-corrected chi connectivity index (χ4v) is 0.711. The van der Waals surface area contributed by atoms with Gasteiger partial charge in [0.05, 0.1) is 19.8 Å². The van der Waals surface area contributed by atoms with E-state index < -0.39 is 5.54 Å². The third kappa shape index (κ3) is 16.5. The summed E-state index contributed by atoms with van der Waals surface area (Å²) in [7, 11) is 0. The molecule has 0 atom stereocenters. The van der Waals surface area contributed by atoms with Crippen molar-refractivity contribution in [2.75, 3.05) is 39.5 Å². The molecule has 0 saturated carbocycles. The SMILES string of the molecule is CC(C)(N)CO.CCN(CCO)CCO. The standard InChI is InChI=1S/C6H15NO2.C4H11NO/c1-2-7(3-5-8)4-6-9;1-4(2,5)3-6/h8-9H,2-6H2,1H3;6H,3,5H2,1-2H3. The first-order valence-electron chi connectivity index (χ1n) is 5.25. The summed E-state index contributed by atoms with van der Waals surface area (Å²) in [6, 6.07) is 0. The van der Waals surface area contributed by atoms with Gasteiger partial charge in [0.15, 0.2) is 0 Å². The van der Waals surface area contributed by atoms with Crippen LogP contribution in [0.2, 0.25) is 0 Å². The van der Waals surface area contributed by atoms with Gasteiger partial charge in [-0.05, 0) is 20.4 Å². The van der Waals surface area contributed by atoms with E-state index in [0.717, 1.165) is 6.54 Å². The Morgan fingerprint density at radius 3 is 1.53 bits per heavy atom. The minimum atomic E-state index is -0.403. The Labute approximate surface area is 92.5 Å². The van der Waals surface area contributed by atoms with Crippen molar-refractivity contribution in [2.45, 2.75) is 26.3 Å². The molecule has 0 heterocycles. The second-order valence-electron chi connectivity index (χ2n) is 4.03. The summed E-state index contributed by atoms with van der Waals surface area (Å²) >= 11 is 0. The first-order chi connectivity index (χ1) is 6.91. The van der Waals surface area contributed by atoms with E-state index >= 15 is 0 Å². The van der Waals surface area contributed by atoms with E-state index in [2.05, 4.69) is 0 Å². The van der Waals surface area contributed by atoms with Crippen LogP contribution in [-0.2, 0) is 0 Å². The Hall–Kier alpha value is -0.200. The molecular weight excluding hydrogens is 196 g/mol. The first-order valence-corrected chi connectivity index (χ1v) is 5.25. The number of hydrogen-bond acceptors (Lipinski definition) is 5. The summed E-state index contributed by atoms with van der Waals surface area (Å²) in [5.74, 6) is 0. The van der Waals surface area contributed by atoms with Crippen LogP contribution in [0.25, 0.3) is 0 Å². The molecular formula is C10H26N2O3. The smallest absolute Gasteiger partial charge is 0.0605 e. The Morgan fingerprint density at radius 2 is 1.40 bits per heavy atom. The molecule has 94 valence electrons. The molecule has 5 heteroatoms. The van der Waals surface area contributed by atoms with Crippen molar-refractivity contribution >= 4 is 0 Å². The van der Waals surface area contributed by atoms with E-state index in [1.165, 1.54) is 0 Å². The van der Waals surface area contributed by atoms with Gasteiger partial charge in [-0.25, -0.2) is 0 Å². The van der Waals surface area contributed by atoms with E-state index in [-0.39, 0.29) is 19.8 Å². The fourth-order valence-electron chi connectivity index (χ4n) is 0.711. The highest BCUT2D eigenvalue weighted by Crippen LogP contribution is 1.90. The first kappa shape index (κ1) is 17.2. The normalized spacial score (nSPS) is 11.2. The molecule has 0 aromatic heterocycles. The maximum Gasteiger partial charge on any atom is 0.0605 e. The number of hydrogen-bond donors (Lipinski definition) is 4. The van der Waals surface area contributed by atoms with Crippen LogP contribution >= 0.6 is 0 Å². The Bertz CT molecular complexity index is 120. The quantitative estimate of drug-likeness (QED) is 0.463. The molecule has 0 aliphatic carbocycles. The molecule has 5 nitrogen and oxygen atoms in total. The van der Waals surface area contributed by atoms with E-state index in [1.54, 1.807) is 13.8 Å². The van der Waals surface area contributed by atoms with Gasteiger partial charge in [0.25, 0.3) is 0 Å². The van der Waals surface area contributed by atoms with Gasteiger partial charge in [0, 0.05) is 18.6 Å². The molecule has 0 radical (unpaired) electrons. The van der Waals surface area contributed by atoms with Crippen molar-refractivity contribution in [2.24, 2.45) is 5.73 Å². The number of likely N-dealkylation sites (N-methyl/N-ethyl adjacent to an activating group) is 1. The molecule has 0 aliphatic heterocycles. The molecule has 0 aromatic carbocycles. The fraction of sp³-hybridized carbons (Fsp3) is 1.00. The highest BCUT2D eigenvalue weighted by atomic mass is 16.3. The third-order valence-electron chi connectivity index (χ3n) is 1.69. The average Bonchev–Trinajstić information content (AvgIpc) is 2.17. The summed E-state index contributed by atoms with van der Waals surface area (Å²) in [6.07, 6.45) is 0. The number of aliphatic hydroxyl groups is 3. The van der Waals surface area contributed by atoms with Crippen molar-refractivity contribution in [3.05, 3.63) is 0 Å². The molecule has 5 N–H and O–H groups in total. The van der Waals surface area contributed by atoms with Gasteiger partial charge in [-0.1, -0.05) is 6.92 Å². The van der Waals surface area contributed by atoms with Crippen LogP contribution in [0, 0.1) is 0 Å². The molecule has 0 rings (SSSR count). The lowest BCUT2D eigenvalue weighted by Crippen LogP contribution is -2.35. The zero-order chi connectivity index (χ0) is 12.3. The van der Waals surface area contributed by atoms with Crippen LogP contribution in [-0.4, -0.2) is 65.2 Å². The molecule has 0 bridgehead atoms. The van der Waals surface area contributed by atoms with Crippen molar-refractivity contribution in [3.8, 4) is 0 Å². The maximum atomic E-state index is 8.47. The van der Waals surface area contributed by atoms with Crippen LogP contribution in [0.4, 0.5) is 0 Å². The molecule has 0 fully saturated rings. The van der Waals surface area contributed by atoms with Crippen molar-refractivity contribution in [1.29, 1.82) is 0 Å². The van der Waals surface area contributed by atoms with Gasteiger partial charge in [0.2, 0.25) is 0 Å². The van der Waals surface area contributed by atoms with Crippen LogP contribution in [0.15, 0.2) is 0 Å². The molecule has 0 amide bonds. The van der Waals surface area contributed by atoms with Crippen molar-refractivity contribution < 1.29 is 15.3 Å². The minimum Gasteiger partial charge on any atom is -0.395 e. The lowest BCUT2D eigenvalue weighted by atomic mass is 10.1. The highest BCUT2D eigenvalue weighted by Gasteiger charge is 2.05. The second-order valence-corrected chi connectivity index (χ2v) is 4.03. The second kappa shape index (κ2) is 10.3. The summed E-state index contributed by atoms with van der Waals surface area (Å²) < 4.78 is 0. The zero-order valence-electron chi connectivity index (χ0n) is 10.1. The molecule has 0 saturated heterocycles. The van der Waals surface area contributed by atoms with Gasteiger partial charge in [-0.3, -0.25) is 4.90 Å². The Balaban J connectivity index is 0. The van der Waals surface area contributed by atoms with Crippen LogP contribution in [0.3, 0.4) is 0 Å². The lowest BCUT2D eigenvalue weighted by molar-refractivity contribution is 0.166. The number of rotatable bonds is 6. The van der Waals surface area contributed by atoms with Crippen LogP contribution in [0.1, 0.15) is 20.8 Å². The number of nitrogens with zero attached hydrogens (tertiary/aromatic N) is 1. The predicted octanol–water partition coefficient (Wildman–Crippen LogP) is -0.991. The van der Waals surface area contributed by atoms with E-state index in [9.17, 15) is 0 Å². The van der Waals surface area contributed by atoms with Crippen molar-refractivity contribution in [3.63, 3.8) is 0 Å². The molecule has 15 heavy (non-hydrogen) atoms. The monoisotopic (exact) mass is 222 g/mol. The lowest BCUT2D eigenvalue weighted by Gasteiger charge is -2.16. The van der Waals surface area contributed by atoms with Crippen LogP contribution in [0.5, 0.6) is 0 Å². The Kier molecular flexibility index (Phi) is 11.8. The zero-order valence-corrected chi connectivity index (χ0v) is 10.1. The molecule has 0 aromatic rings. The third-order valence-corrected chi connectivity index (χ3v) is 1.69. The average molecular weight is 222 g/mol. The van der Waals surface area contributed by atoms with E-state index in [0.29, 0.717) is 13.1 Å². The Morgan fingerprint density at radius 1 is 1.07 bits per heavy atom. The summed E-state index contributed by atoms with van der Waals surface area (Å²) in [4.78, 5) is 1.99. The summed E-state index contributed by atoms with van der Waals surface area (Å²) in [5, 5.41) is 25.2. The molecule has 0 unspecified atom stereocenters. The number of aliphatic hydroxyl groups excluding tert-OH is 3. The van der Waals surface area contributed by atoms with Gasteiger partial charge in [0.1, 0.15) is 0 Å². The summed E-state index contributed by atoms with van der Waals surface area (Å²) in [5.41, 5.74) is 4.88. The summed E-state index contributed by atoms with van der Waals surface area (Å²) in [6.45, 7) is 8.16. The topological polar surface area (TPSA) is 90.0 Å². The van der Waals surface area contributed by atoms with Gasteiger partial charge >= 0.3 is 0 Å². The van der Waals surface area contributed by atoms with Crippen LogP contribution < -0.4 is 5.73 Å². The number of nitrogens with two attached hydrogens (primary N) is 1. The van der Waals surface area contributed by atoms with E-state index in [1.807, 2.05) is 11.8 Å². The molecule has 0 spiro atoms. The van der Waals surface area contributed by atoms with Crippen molar-refractivity contribution in [1.82, 2.24) is 4.90 Å².